The molecule has 0 saturated carbocycles. The Morgan fingerprint density at radius 1 is 1.00 bits per heavy atom. The highest BCUT2D eigenvalue weighted by Crippen LogP contribution is 2.14. The molecule has 0 spiro atoms. The Balaban J connectivity index is 1.31. The molecule has 146 valence electrons. The number of aryl methyl sites for hydroxylation is 1. The fourth-order valence-electron chi connectivity index (χ4n) is 3.40. The Hall–Kier alpha value is -2.42. The minimum absolute atomic E-state index is 0.0599. The largest absolute Gasteiger partial charge is 0.299 e. The lowest BCUT2D eigenvalue weighted by Crippen LogP contribution is -2.47. The molecule has 0 unspecified atom stereocenters. The van der Waals surface area contributed by atoms with Crippen LogP contribution in [0, 0.1) is 6.92 Å². The van der Waals surface area contributed by atoms with Crippen LogP contribution in [0.5, 0.6) is 0 Å². The number of piperazine rings is 1. The Morgan fingerprint density at radius 3 is 2.46 bits per heavy atom. The number of nitrogens with zero attached hydrogens (tertiary/aromatic N) is 6. The van der Waals surface area contributed by atoms with E-state index in [4.69, 9.17) is 0 Å². The first-order valence-corrected chi connectivity index (χ1v) is 10.4. The number of rotatable bonds is 6. The van der Waals surface area contributed by atoms with Gasteiger partial charge >= 0.3 is 0 Å². The number of aromatic nitrogens is 4. The van der Waals surface area contributed by atoms with E-state index in [1.807, 2.05) is 19.1 Å². The fourth-order valence-corrected chi connectivity index (χ4v) is 4.01. The zero-order valence-electron chi connectivity index (χ0n) is 16.0. The van der Waals surface area contributed by atoms with Crippen molar-refractivity contribution in [3.8, 4) is 11.3 Å². The molecule has 0 aromatic carbocycles. The van der Waals surface area contributed by atoms with Crippen LogP contribution in [0.4, 0.5) is 0 Å². The summed E-state index contributed by atoms with van der Waals surface area (Å²) in [7, 11) is 0. The molecule has 28 heavy (non-hydrogen) atoms. The van der Waals surface area contributed by atoms with Gasteiger partial charge in [0.2, 0.25) is 0 Å². The first-order chi connectivity index (χ1) is 13.7. The first-order valence-electron chi connectivity index (χ1n) is 9.52. The molecule has 0 N–H and O–H groups in total. The van der Waals surface area contributed by atoms with Gasteiger partial charge in [0.1, 0.15) is 0 Å². The van der Waals surface area contributed by atoms with Crippen molar-refractivity contribution in [2.24, 2.45) is 0 Å². The van der Waals surface area contributed by atoms with Crippen molar-refractivity contribution < 1.29 is 0 Å². The molecule has 8 heteroatoms. The zero-order valence-corrected chi connectivity index (χ0v) is 16.8. The van der Waals surface area contributed by atoms with Gasteiger partial charge < -0.3 is 0 Å². The van der Waals surface area contributed by atoms with E-state index < -0.39 is 0 Å². The molecular weight excluding hydrogens is 372 g/mol. The van der Waals surface area contributed by atoms with Crippen LogP contribution in [0.2, 0.25) is 0 Å². The molecule has 0 aliphatic carbocycles. The molecule has 1 aliphatic heterocycles. The van der Waals surface area contributed by atoms with Crippen LogP contribution in [0.3, 0.4) is 0 Å². The van der Waals surface area contributed by atoms with Crippen LogP contribution in [0.1, 0.15) is 10.7 Å². The van der Waals surface area contributed by atoms with E-state index in [0.717, 1.165) is 55.5 Å². The SMILES string of the molecule is Cc1nc(CN2CCN(CCn3nc(-c4ccncc4)ccc3=O)CC2)cs1. The Morgan fingerprint density at radius 2 is 1.75 bits per heavy atom. The van der Waals surface area contributed by atoms with Gasteiger partial charge in [-0.25, -0.2) is 9.67 Å². The second kappa shape index (κ2) is 8.72. The summed E-state index contributed by atoms with van der Waals surface area (Å²) in [5.41, 5.74) is 2.87. The van der Waals surface area contributed by atoms with Gasteiger partial charge in [0, 0.05) is 68.7 Å². The van der Waals surface area contributed by atoms with Crippen LogP contribution in [0.15, 0.2) is 46.8 Å². The predicted molar refractivity (Wildman–Crippen MR) is 110 cm³/mol. The normalized spacial score (nSPS) is 15.8. The Bertz CT molecular complexity index is 962. The molecule has 7 nitrogen and oxygen atoms in total. The van der Waals surface area contributed by atoms with E-state index in [1.165, 1.54) is 5.69 Å². The molecule has 3 aromatic heterocycles. The van der Waals surface area contributed by atoms with Crippen molar-refractivity contribution in [2.45, 2.75) is 20.0 Å². The molecule has 4 rings (SSSR count). The van der Waals surface area contributed by atoms with Gasteiger partial charge in [0.05, 0.1) is 22.9 Å². The van der Waals surface area contributed by atoms with E-state index in [-0.39, 0.29) is 5.56 Å². The lowest BCUT2D eigenvalue weighted by Gasteiger charge is -2.34. The van der Waals surface area contributed by atoms with Crippen LogP contribution in [0.25, 0.3) is 11.3 Å². The molecule has 0 amide bonds. The molecule has 1 fully saturated rings. The Kier molecular flexibility index (Phi) is 5.90. The monoisotopic (exact) mass is 396 g/mol. The highest BCUT2D eigenvalue weighted by molar-refractivity contribution is 7.09. The number of hydrogen-bond donors (Lipinski definition) is 0. The van der Waals surface area contributed by atoms with Crippen LogP contribution in [-0.4, -0.2) is 62.3 Å². The quantitative estimate of drug-likeness (QED) is 0.634. The number of thiazole rings is 1. The fraction of sp³-hybridized carbons (Fsp3) is 0.400. The highest BCUT2D eigenvalue weighted by atomic mass is 32.1. The van der Waals surface area contributed by atoms with E-state index in [2.05, 4.69) is 30.2 Å². The molecule has 0 bridgehead atoms. The van der Waals surface area contributed by atoms with Crippen molar-refractivity contribution in [2.75, 3.05) is 32.7 Å². The zero-order chi connectivity index (χ0) is 19.3. The number of pyridine rings is 1. The lowest BCUT2D eigenvalue weighted by molar-refractivity contribution is 0.122. The third-order valence-corrected chi connectivity index (χ3v) is 5.81. The van der Waals surface area contributed by atoms with Gasteiger partial charge in [-0.05, 0) is 25.1 Å². The molecular formula is C20H24N6OS. The summed E-state index contributed by atoms with van der Waals surface area (Å²) >= 11 is 1.71. The van der Waals surface area contributed by atoms with Crippen molar-refractivity contribution in [1.29, 1.82) is 0 Å². The van der Waals surface area contributed by atoms with E-state index >= 15 is 0 Å². The lowest BCUT2D eigenvalue weighted by atomic mass is 10.2. The minimum Gasteiger partial charge on any atom is -0.299 e. The van der Waals surface area contributed by atoms with Gasteiger partial charge in [0.15, 0.2) is 0 Å². The molecule has 0 atom stereocenters. The average molecular weight is 397 g/mol. The van der Waals surface area contributed by atoms with Crippen molar-refractivity contribution in [3.63, 3.8) is 0 Å². The predicted octanol–water partition coefficient (Wildman–Crippen LogP) is 1.89. The van der Waals surface area contributed by atoms with E-state index in [1.54, 1.807) is 40.5 Å². The topological polar surface area (TPSA) is 67.2 Å². The van der Waals surface area contributed by atoms with E-state index in [0.29, 0.717) is 6.54 Å². The molecule has 1 saturated heterocycles. The number of hydrogen-bond acceptors (Lipinski definition) is 7. The maximum Gasteiger partial charge on any atom is 0.266 e. The van der Waals surface area contributed by atoms with Gasteiger partial charge in [-0.15, -0.1) is 11.3 Å². The molecule has 3 aromatic rings. The molecule has 1 aliphatic rings. The first kappa shape index (κ1) is 18.9. The van der Waals surface area contributed by atoms with Gasteiger partial charge in [-0.3, -0.25) is 19.6 Å². The summed E-state index contributed by atoms with van der Waals surface area (Å²) in [4.78, 5) is 25.6. The Labute approximate surface area is 168 Å². The van der Waals surface area contributed by atoms with Crippen LogP contribution < -0.4 is 5.56 Å². The summed E-state index contributed by atoms with van der Waals surface area (Å²) in [6, 6.07) is 7.17. The summed E-state index contributed by atoms with van der Waals surface area (Å²) in [5, 5.41) is 7.81. The van der Waals surface area contributed by atoms with Crippen LogP contribution in [-0.2, 0) is 13.1 Å². The third kappa shape index (κ3) is 4.70. The smallest absolute Gasteiger partial charge is 0.266 e. The maximum atomic E-state index is 12.2. The highest BCUT2D eigenvalue weighted by Gasteiger charge is 2.18. The second-order valence-corrected chi connectivity index (χ2v) is 8.05. The van der Waals surface area contributed by atoms with Gasteiger partial charge in [0.25, 0.3) is 5.56 Å². The van der Waals surface area contributed by atoms with Gasteiger partial charge in [-0.1, -0.05) is 0 Å². The summed E-state index contributed by atoms with van der Waals surface area (Å²) in [6.45, 7) is 8.45. The average Bonchev–Trinajstić information content (AvgIpc) is 3.14. The standard InChI is InChI=1S/C20H24N6OS/c1-16-22-18(15-28-16)14-25-10-8-24(9-11-25)12-13-26-20(27)3-2-19(23-26)17-4-6-21-7-5-17/h2-7,15H,8-14H2,1H3. The van der Waals surface area contributed by atoms with Gasteiger partial charge in [-0.2, -0.15) is 5.10 Å². The molecule has 4 heterocycles. The van der Waals surface area contributed by atoms with Crippen LogP contribution >= 0.6 is 11.3 Å². The van der Waals surface area contributed by atoms with Crippen molar-refractivity contribution in [1.82, 2.24) is 29.5 Å². The summed E-state index contributed by atoms with van der Waals surface area (Å²) in [5.74, 6) is 0. The van der Waals surface area contributed by atoms with Crippen molar-refractivity contribution >= 4 is 11.3 Å². The third-order valence-electron chi connectivity index (χ3n) is 4.99. The summed E-state index contributed by atoms with van der Waals surface area (Å²) in [6.07, 6.45) is 3.47. The van der Waals surface area contributed by atoms with Crippen molar-refractivity contribution in [3.05, 3.63) is 63.1 Å². The minimum atomic E-state index is -0.0599. The van der Waals surface area contributed by atoms with E-state index in [9.17, 15) is 4.79 Å². The summed E-state index contributed by atoms with van der Waals surface area (Å²) < 4.78 is 1.57. The maximum absolute atomic E-state index is 12.2. The molecule has 0 radical (unpaired) electrons. The second-order valence-electron chi connectivity index (χ2n) is 6.99.